The number of halogens is 1. The van der Waals surface area contributed by atoms with E-state index in [-0.39, 0.29) is 5.56 Å². The highest BCUT2D eigenvalue weighted by Crippen LogP contribution is 2.29. The number of aryl methyl sites for hydroxylation is 1. The number of piperidine rings is 1. The van der Waals surface area contributed by atoms with Crippen LogP contribution in [0.4, 0.5) is 5.69 Å². The van der Waals surface area contributed by atoms with Crippen molar-refractivity contribution in [1.82, 2.24) is 15.1 Å². The zero-order chi connectivity index (χ0) is 12.7. The molecule has 1 aromatic rings. The first-order valence-corrected chi connectivity index (χ1v) is 7.17. The molecule has 2 aliphatic rings. The molecule has 0 aromatic carbocycles. The number of hydrogen-bond acceptors (Lipinski definition) is 4. The molecule has 0 amide bonds. The molecule has 0 saturated carbocycles. The number of aromatic nitrogens is 2. The van der Waals surface area contributed by atoms with Crippen LogP contribution in [0, 0.1) is 0 Å². The van der Waals surface area contributed by atoms with Crippen molar-refractivity contribution in [3.05, 3.63) is 21.0 Å². The number of nitrogens with one attached hydrogen (secondary N) is 2. The first-order chi connectivity index (χ1) is 8.63. The van der Waals surface area contributed by atoms with Crippen molar-refractivity contribution < 1.29 is 0 Å². The van der Waals surface area contributed by atoms with Gasteiger partial charge in [0.05, 0.1) is 11.9 Å². The lowest BCUT2D eigenvalue weighted by atomic mass is 10.00. The summed E-state index contributed by atoms with van der Waals surface area (Å²) in [5.74, 6) is 0. The Labute approximate surface area is 114 Å². The van der Waals surface area contributed by atoms with Crippen LogP contribution in [0.3, 0.4) is 0 Å². The average molecular weight is 313 g/mol. The van der Waals surface area contributed by atoms with E-state index < -0.39 is 0 Å². The zero-order valence-electron chi connectivity index (χ0n) is 10.3. The Bertz CT molecular complexity index is 503. The van der Waals surface area contributed by atoms with Crippen LogP contribution in [0.1, 0.15) is 25.7 Å². The molecule has 3 heterocycles. The number of fused-ring (bicyclic) bond motifs is 2. The highest BCUT2D eigenvalue weighted by molar-refractivity contribution is 9.10. The van der Waals surface area contributed by atoms with Crippen molar-refractivity contribution in [2.24, 2.45) is 7.05 Å². The Morgan fingerprint density at radius 1 is 1.44 bits per heavy atom. The van der Waals surface area contributed by atoms with Gasteiger partial charge in [-0.05, 0) is 41.6 Å². The van der Waals surface area contributed by atoms with Gasteiger partial charge < -0.3 is 10.6 Å². The largest absolute Gasteiger partial charge is 0.380 e. The predicted molar refractivity (Wildman–Crippen MR) is 73.8 cm³/mol. The van der Waals surface area contributed by atoms with Gasteiger partial charge in [0, 0.05) is 25.2 Å². The highest BCUT2D eigenvalue weighted by atomic mass is 79.9. The second-order valence-electron chi connectivity index (χ2n) is 5.25. The van der Waals surface area contributed by atoms with E-state index in [1.54, 1.807) is 13.2 Å². The van der Waals surface area contributed by atoms with Crippen LogP contribution in [-0.4, -0.2) is 27.9 Å². The third-order valence-electron chi connectivity index (χ3n) is 3.91. The molecule has 2 aliphatic heterocycles. The Hall–Kier alpha value is -0.880. The summed E-state index contributed by atoms with van der Waals surface area (Å²) in [7, 11) is 1.65. The first kappa shape index (κ1) is 12.2. The minimum Gasteiger partial charge on any atom is -0.380 e. The molecule has 0 aliphatic carbocycles. The van der Waals surface area contributed by atoms with E-state index in [2.05, 4.69) is 31.7 Å². The summed E-state index contributed by atoms with van der Waals surface area (Å²) >= 11 is 3.35. The molecule has 2 atom stereocenters. The highest BCUT2D eigenvalue weighted by Gasteiger charge is 2.33. The smallest absolute Gasteiger partial charge is 0.282 e. The van der Waals surface area contributed by atoms with Gasteiger partial charge in [0.1, 0.15) is 4.47 Å². The van der Waals surface area contributed by atoms with Crippen molar-refractivity contribution in [3.63, 3.8) is 0 Å². The minimum atomic E-state index is -0.100. The summed E-state index contributed by atoms with van der Waals surface area (Å²) in [5.41, 5.74) is 0.710. The van der Waals surface area contributed by atoms with Gasteiger partial charge in [-0.2, -0.15) is 5.10 Å². The van der Waals surface area contributed by atoms with Gasteiger partial charge in [-0.25, -0.2) is 4.68 Å². The Kier molecular flexibility index (Phi) is 3.15. The van der Waals surface area contributed by atoms with Crippen molar-refractivity contribution in [2.75, 3.05) is 5.32 Å². The van der Waals surface area contributed by atoms with Gasteiger partial charge >= 0.3 is 0 Å². The van der Waals surface area contributed by atoms with Gasteiger partial charge in [0.2, 0.25) is 0 Å². The molecule has 2 saturated heterocycles. The lowest BCUT2D eigenvalue weighted by Crippen LogP contribution is -2.43. The minimum absolute atomic E-state index is 0.100. The van der Waals surface area contributed by atoms with Gasteiger partial charge in [0.25, 0.3) is 5.56 Å². The Morgan fingerprint density at radius 2 is 2.11 bits per heavy atom. The van der Waals surface area contributed by atoms with E-state index in [0.29, 0.717) is 22.6 Å². The number of rotatable bonds is 2. The van der Waals surface area contributed by atoms with Crippen molar-refractivity contribution in [3.8, 4) is 0 Å². The molecule has 1 aromatic heterocycles. The molecule has 5 nitrogen and oxygen atoms in total. The summed E-state index contributed by atoms with van der Waals surface area (Å²) < 4.78 is 1.91. The second kappa shape index (κ2) is 4.66. The molecule has 0 spiro atoms. The molecular formula is C12H17BrN4O. The Balaban J connectivity index is 1.77. The summed E-state index contributed by atoms with van der Waals surface area (Å²) in [6.07, 6.45) is 6.52. The maximum Gasteiger partial charge on any atom is 0.282 e. The van der Waals surface area contributed by atoms with Gasteiger partial charge in [-0.15, -0.1) is 0 Å². The van der Waals surface area contributed by atoms with Crippen LogP contribution in [0.2, 0.25) is 0 Å². The SMILES string of the molecule is Cn1ncc(NC2CC3CCC(C2)N3)c(Br)c1=O. The molecule has 3 rings (SSSR count). The van der Waals surface area contributed by atoms with Crippen LogP contribution in [-0.2, 0) is 7.05 Å². The summed E-state index contributed by atoms with van der Waals surface area (Å²) in [6.45, 7) is 0. The third-order valence-corrected chi connectivity index (χ3v) is 4.68. The normalized spacial score (nSPS) is 30.4. The van der Waals surface area contributed by atoms with Crippen LogP contribution in [0.25, 0.3) is 0 Å². The summed E-state index contributed by atoms with van der Waals surface area (Å²) in [4.78, 5) is 11.8. The fraction of sp³-hybridized carbons (Fsp3) is 0.667. The van der Waals surface area contributed by atoms with Crippen molar-refractivity contribution in [2.45, 2.75) is 43.8 Å². The molecule has 2 N–H and O–H groups in total. The van der Waals surface area contributed by atoms with Crippen LogP contribution >= 0.6 is 15.9 Å². The molecule has 2 unspecified atom stereocenters. The van der Waals surface area contributed by atoms with E-state index in [9.17, 15) is 4.79 Å². The van der Waals surface area contributed by atoms with E-state index >= 15 is 0 Å². The molecule has 98 valence electrons. The van der Waals surface area contributed by atoms with Crippen LogP contribution in [0.5, 0.6) is 0 Å². The molecule has 18 heavy (non-hydrogen) atoms. The second-order valence-corrected chi connectivity index (χ2v) is 6.04. The van der Waals surface area contributed by atoms with Crippen molar-refractivity contribution >= 4 is 21.6 Å². The fourth-order valence-corrected chi connectivity index (χ4v) is 3.48. The lowest BCUT2D eigenvalue weighted by Gasteiger charge is -2.30. The van der Waals surface area contributed by atoms with E-state index in [1.165, 1.54) is 17.5 Å². The van der Waals surface area contributed by atoms with Crippen LogP contribution in [0.15, 0.2) is 15.5 Å². The maximum absolute atomic E-state index is 11.8. The average Bonchev–Trinajstić information content (AvgIpc) is 2.70. The first-order valence-electron chi connectivity index (χ1n) is 6.38. The zero-order valence-corrected chi connectivity index (χ0v) is 11.9. The number of hydrogen-bond donors (Lipinski definition) is 2. The topological polar surface area (TPSA) is 59.0 Å². The quantitative estimate of drug-likeness (QED) is 0.862. The Morgan fingerprint density at radius 3 is 2.78 bits per heavy atom. The van der Waals surface area contributed by atoms with E-state index in [0.717, 1.165) is 18.5 Å². The van der Waals surface area contributed by atoms with Crippen LogP contribution < -0.4 is 16.2 Å². The molecule has 6 heteroatoms. The monoisotopic (exact) mass is 312 g/mol. The van der Waals surface area contributed by atoms with Gasteiger partial charge in [-0.3, -0.25) is 4.79 Å². The standard InChI is InChI=1S/C12H17BrN4O/c1-17-12(18)11(13)10(6-14-17)16-9-4-7-2-3-8(5-9)15-7/h6-9,15-16H,2-5H2,1H3. The number of anilines is 1. The molecule has 2 fully saturated rings. The number of nitrogens with zero attached hydrogens (tertiary/aromatic N) is 2. The summed E-state index contributed by atoms with van der Waals surface area (Å²) in [6, 6.07) is 1.72. The molecule has 2 bridgehead atoms. The van der Waals surface area contributed by atoms with Crippen molar-refractivity contribution in [1.29, 1.82) is 0 Å². The predicted octanol–water partition coefficient (Wildman–Crippen LogP) is 1.24. The third kappa shape index (κ3) is 2.19. The van der Waals surface area contributed by atoms with Gasteiger partial charge in [-0.1, -0.05) is 0 Å². The molecule has 0 radical (unpaired) electrons. The van der Waals surface area contributed by atoms with Gasteiger partial charge in [0.15, 0.2) is 0 Å². The fourth-order valence-electron chi connectivity index (χ4n) is 3.01. The molecular weight excluding hydrogens is 296 g/mol. The lowest BCUT2D eigenvalue weighted by molar-refractivity contribution is 0.378. The summed E-state index contributed by atoms with van der Waals surface area (Å²) in [5, 5.41) is 11.1. The van der Waals surface area contributed by atoms with E-state index in [4.69, 9.17) is 0 Å². The maximum atomic E-state index is 11.8. The van der Waals surface area contributed by atoms with E-state index in [1.807, 2.05) is 0 Å².